The van der Waals surface area contributed by atoms with Crippen molar-refractivity contribution >= 4 is 17.2 Å². The molecule has 1 heterocycles. The van der Waals surface area contributed by atoms with Crippen molar-refractivity contribution in [1.29, 1.82) is 0 Å². The van der Waals surface area contributed by atoms with Gasteiger partial charge in [-0.25, -0.2) is 4.98 Å². The molecule has 0 unspecified atom stereocenters. The summed E-state index contributed by atoms with van der Waals surface area (Å²) in [5.74, 6) is 1.33. The van der Waals surface area contributed by atoms with Crippen molar-refractivity contribution in [3.05, 3.63) is 60.4 Å². The summed E-state index contributed by atoms with van der Waals surface area (Å²) >= 11 is 0. The Bertz CT molecular complexity index is 931. The van der Waals surface area contributed by atoms with Crippen LogP contribution in [0.15, 0.2) is 54.9 Å². The Kier molecular flexibility index (Phi) is 5.02. The molecule has 0 aliphatic carbocycles. The van der Waals surface area contributed by atoms with Crippen molar-refractivity contribution in [1.82, 2.24) is 9.97 Å². The number of rotatable bonds is 5. The van der Waals surface area contributed by atoms with Gasteiger partial charge in [0.15, 0.2) is 5.82 Å². The van der Waals surface area contributed by atoms with Crippen LogP contribution in [0.4, 0.5) is 30.4 Å². The fraction of sp³-hybridized carbons (Fsp3) is 0.111. The molecule has 140 valence electrons. The number of anilines is 3. The summed E-state index contributed by atoms with van der Waals surface area (Å²) in [6.45, 7) is 0. The highest BCUT2D eigenvalue weighted by atomic mass is 19.4. The van der Waals surface area contributed by atoms with Crippen LogP contribution < -0.4 is 20.5 Å². The van der Waals surface area contributed by atoms with E-state index >= 15 is 0 Å². The molecule has 3 N–H and O–H groups in total. The summed E-state index contributed by atoms with van der Waals surface area (Å²) in [6.07, 6.45) is -3.25. The standard InChI is InChI=1S/C18H15F3N4O2/c1-26-13-5-7-14(8-6-13)27-17-15(22)16(23-10-24-17)25-12-4-2-3-11(9-12)18(19,20)21/h2-10H,22H2,1H3,(H,23,24,25). The number of methoxy groups -OCH3 is 1. The number of hydrogen-bond acceptors (Lipinski definition) is 6. The van der Waals surface area contributed by atoms with Crippen LogP contribution in [0.25, 0.3) is 0 Å². The smallest absolute Gasteiger partial charge is 0.416 e. The number of alkyl halides is 3. The number of benzene rings is 2. The van der Waals surface area contributed by atoms with Crippen molar-refractivity contribution in [2.45, 2.75) is 6.18 Å². The average molecular weight is 376 g/mol. The average Bonchev–Trinajstić information content (AvgIpc) is 2.65. The van der Waals surface area contributed by atoms with Gasteiger partial charge in [0, 0.05) is 5.69 Å². The van der Waals surface area contributed by atoms with Crippen LogP contribution in [-0.2, 0) is 6.18 Å². The lowest BCUT2D eigenvalue weighted by Gasteiger charge is -2.13. The normalized spacial score (nSPS) is 11.1. The van der Waals surface area contributed by atoms with Gasteiger partial charge in [0.2, 0.25) is 5.88 Å². The molecule has 0 atom stereocenters. The Morgan fingerprint density at radius 2 is 1.70 bits per heavy atom. The van der Waals surface area contributed by atoms with Gasteiger partial charge in [-0.15, -0.1) is 0 Å². The summed E-state index contributed by atoms with van der Waals surface area (Å²) in [5, 5.41) is 2.75. The van der Waals surface area contributed by atoms with E-state index in [0.29, 0.717) is 11.5 Å². The van der Waals surface area contributed by atoms with Gasteiger partial charge >= 0.3 is 6.18 Å². The van der Waals surface area contributed by atoms with Gasteiger partial charge in [-0.3, -0.25) is 0 Å². The second kappa shape index (κ2) is 7.40. The van der Waals surface area contributed by atoms with Gasteiger partial charge in [0.25, 0.3) is 0 Å². The van der Waals surface area contributed by atoms with Crippen LogP contribution in [0.1, 0.15) is 5.56 Å². The lowest BCUT2D eigenvalue weighted by atomic mass is 10.2. The zero-order valence-corrected chi connectivity index (χ0v) is 14.1. The van der Waals surface area contributed by atoms with E-state index in [-0.39, 0.29) is 23.1 Å². The number of aromatic nitrogens is 2. The van der Waals surface area contributed by atoms with Crippen molar-refractivity contribution in [2.24, 2.45) is 0 Å². The van der Waals surface area contributed by atoms with Crippen molar-refractivity contribution in [2.75, 3.05) is 18.2 Å². The molecule has 3 rings (SSSR count). The highest BCUT2D eigenvalue weighted by Crippen LogP contribution is 2.34. The summed E-state index contributed by atoms with van der Waals surface area (Å²) in [4.78, 5) is 7.93. The van der Waals surface area contributed by atoms with Gasteiger partial charge in [0.1, 0.15) is 23.5 Å². The summed E-state index contributed by atoms with van der Waals surface area (Å²) in [7, 11) is 1.55. The molecule has 0 saturated carbocycles. The zero-order valence-electron chi connectivity index (χ0n) is 14.1. The number of nitrogens with two attached hydrogens (primary N) is 1. The number of hydrogen-bond donors (Lipinski definition) is 2. The molecule has 0 bridgehead atoms. The van der Waals surface area contributed by atoms with Gasteiger partial charge in [0.05, 0.1) is 12.7 Å². The molecular weight excluding hydrogens is 361 g/mol. The molecule has 6 nitrogen and oxygen atoms in total. The van der Waals surface area contributed by atoms with E-state index in [2.05, 4.69) is 15.3 Å². The first-order chi connectivity index (χ1) is 12.9. The third-order valence-corrected chi connectivity index (χ3v) is 3.57. The Hall–Kier alpha value is -3.49. The predicted octanol–water partition coefficient (Wildman–Crippen LogP) is 4.62. The number of nitrogens with one attached hydrogen (secondary N) is 1. The van der Waals surface area contributed by atoms with Gasteiger partial charge in [-0.1, -0.05) is 6.07 Å². The Morgan fingerprint density at radius 1 is 1.00 bits per heavy atom. The van der Waals surface area contributed by atoms with E-state index in [1.807, 2.05) is 0 Å². The van der Waals surface area contributed by atoms with Crippen LogP contribution in [0, 0.1) is 0 Å². The van der Waals surface area contributed by atoms with E-state index in [4.69, 9.17) is 15.2 Å². The number of ether oxygens (including phenoxy) is 2. The van der Waals surface area contributed by atoms with Gasteiger partial charge in [-0.2, -0.15) is 18.2 Å². The highest BCUT2D eigenvalue weighted by Gasteiger charge is 2.30. The first-order valence-corrected chi connectivity index (χ1v) is 7.73. The third kappa shape index (κ3) is 4.38. The van der Waals surface area contributed by atoms with Gasteiger partial charge in [-0.05, 0) is 42.5 Å². The van der Waals surface area contributed by atoms with E-state index in [9.17, 15) is 13.2 Å². The van der Waals surface area contributed by atoms with Crippen molar-refractivity contribution < 1.29 is 22.6 Å². The topological polar surface area (TPSA) is 82.3 Å². The molecule has 9 heteroatoms. The fourth-order valence-corrected chi connectivity index (χ4v) is 2.23. The van der Waals surface area contributed by atoms with Crippen LogP contribution in [-0.4, -0.2) is 17.1 Å². The molecule has 0 aliphatic heterocycles. The predicted molar refractivity (Wildman–Crippen MR) is 94.2 cm³/mol. The Balaban J connectivity index is 1.82. The maximum absolute atomic E-state index is 12.8. The van der Waals surface area contributed by atoms with E-state index in [1.165, 1.54) is 18.5 Å². The van der Waals surface area contributed by atoms with Crippen molar-refractivity contribution in [3.63, 3.8) is 0 Å². The van der Waals surface area contributed by atoms with Crippen LogP contribution >= 0.6 is 0 Å². The molecule has 0 fully saturated rings. The number of nitrogens with zero attached hydrogens (tertiary/aromatic N) is 2. The quantitative estimate of drug-likeness (QED) is 0.676. The van der Waals surface area contributed by atoms with E-state index in [1.54, 1.807) is 31.4 Å². The van der Waals surface area contributed by atoms with E-state index in [0.717, 1.165) is 12.1 Å². The molecule has 3 aromatic rings. The molecule has 0 spiro atoms. The molecule has 0 saturated heterocycles. The minimum atomic E-state index is -4.45. The maximum atomic E-state index is 12.8. The molecule has 0 radical (unpaired) electrons. The summed E-state index contributed by atoms with van der Waals surface area (Å²) in [6, 6.07) is 11.4. The highest BCUT2D eigenvalue weighted by molar-refractivity contribution is 5.72. The fourth-order valence-electron chi connectivity index (χ4n) is 2.23. The zero-order chi connectivity index (χ0) is 19.4. The SMILES string of the molecule is COc1ccc(Oc2ncnc(Nc3cccc(C(F)(F)F)c3)c2N)cc1. The first-order valence-electron chi connectivity index (χ1n) is 7.73. The molecular formula is C18H15F3N4O2. The Morgan fingerprint density at radius 3 is 2.37 bits per heavy atom. The number of halogens is 3. The van der Waals surface area contributed by atoms with Crippen molar-refractivity contribution in [3.8, 4) is 17.4 Å². The minimum absolute atomic E-state index is 0.0609. The maximum Gasteiger partial charge on any atom is 0.416 e. The Labute approximate surface area is 152 Å². The largest absolute Gasteiger partial charge is 0.497 e. The minimum Gasteiger partial charge on any atom is -0.497 e. The molecule has 1 aromatic heterocycles. The second-order valence-corrected chi connectivity index (χ2v) is 5.42. The third-order valence-electron chi connectivity index (χ3n) is 3.57. The monoisotopic (exact) mass is 376 g/mol. The first kappa shape index (κ1) is 18.3. The molecule has 0 aliphatic rings. The van der Waals surface area contributed by atoms with Gasteiger partial charge < -0.3 is 20.5 Å². The lowest BCUT2D eigenvalue weighted by Crippen LogP contribution is -2.06. The van der Waals surface area contributed by atoms with Crippen LogP contribution in [0.2, 0.25) is 0 Å². The van der Waals surface area contributed by atoms with Crippen LogP contribution in [0.3, 0.4) is 0 Å². The summed E-state index contributed by atoms with van der Waals surface area (Å²) < 4.78 is 49.2. The molecule has 2 aromatic carbocycles. The summed E-state index contributed by atoms with van der Waals surface area (Å²) in [5.41, 5.74) is 5.46. The lowest BCUT2D eigenvalue weighted by molar-refractivity contribution is -0.137. The van der Waals surface area contributed by atoms with E-state index < -0.39 is 11.7 Å². The second-order valence-electron chi connectivity index (χ2n) is 5.42. The van der Waals surface area contributed by atoms with Crippen LogP contribution in [0.5, 0.6) is 17.4 Å². The number of nitrogen functional groups attached to an aromatic ring is 1. The molecule has 0 amide bonds. The molecule has 27 heavy (non-hydrogen) atoms.